The summed E-state index contributed by atoms with van der Waals surface area (Å²) >= 11 is 0. The van der Waals surface area contributed by atoms with Crippen molar-refractivity contribution in [2.45, 2.75) is 12.8 Å². The van der Waals surface area contributed by atoms with Crippen molar-refractivity contribution in [2.24, 2.45) is 13.0 Å². The van der Waals surface area contributed by atoms with Crippen LogP contribution < -0.4 is 10.9 Å². The molecular weight excluding hydrogens is 204 g/mol. The Bertz CT molecular complexity index is 394. The summed E-state index contributed by atoms with van der Waals surface area (Å²) in [7, 11) is 1.76. The third kappa shape index (κ3) is 2.85. The number of aromatic nitrogens is 1. The van der Waals surface area contributed by atoms with Crippen LogP contribution in [0.5, 0.6) is 0 Å². The predicted molar refractivity (Wildman–Crippen MR) is 63.7 cm³/mol. The fraction of sp³-hybridized carbons (Fsp3) is 0.583. The molecule has 1 atom stereocenters. The molecule has 0 amide bonds. The zero-order chi connectivity index (χ0) is 11.4. The molecule has 4 heteroatoms. The topological polar surface area (TPSA) is 43.3 Å². The molecule has 0 bridgehead atoms. The highest BCUT2D eigenvalue weighted by Crippen LogP contribution is 2.14. The molecule has 1 saturated heterocycles. The van der Waals surface area contributed by atoms with E-state index in [1.165, 1.54) is 6.42 Å². The zero-order valence-electron chi connectivity index (χ0n) is 9.61. The molecule has 0 radical (unpaired) electrons. The summed E-state index contributed by atoms with van der Waals surface area (Å²) in [6.45, 7) is 2.66. The van der Waals surface area contributed by atoms with E-state index in [0.717, 1.165) is 31.9 Å². The second-order valence-corrected chi connectivity index (χ2v) is 4.33. The van der Waals surface area contributed by atoms with Crippen molar-refractivity contribution < 1.29 is 4.74 Å². The largest absolute Gasteiger partial charge is 0.383 e. The van der Waals surface area contributed by atoms with Gasteiger partial charge in [0.2, 0.25) is 5.56 Å². The van der Waals surface area contributed by atoms with E-state index in [0.29, 0.717) is 5.92 Å². The number of rotatable bonds is 3. The lowest BCUT2D eigenvalue weighted by atomic mass is 10.0. The van der Waals surface area contributed by atoms with Gasteiger partial charge in [0.15, 0.2) is 0 Å². The van der Waals surface area contributed by atoms with E-state index in [1.807, 2.05) is 12.3 Å². The number of aryl methyl sites for hydroxylation is 1. The molecular formula is C12H18N2O2. The minimum Gasteiger partial charge on any atom is -0.383 e. The van der Waals surface area contributed by atoms with Crippen molar-refractivity contribution in [3.05, 3.63) is 28.7 Å². The number of nitrogens with zero attached hydrogens (tertiary/aromatic N) is 1. The van der Waals surface area contributed by atoms with Gasteiger partial charge in [-0.2, -0.15) is 0 Å². The molecule has 1 fully saturated rings. The van der Waals surface area contributed by atoms with Gasteiger partial charge in [0.1, 0.15) is 0 Å². The molecule has 0 aromatic carbocycles. The Hall–Kier alpha value is -1.29. The maximum absolute atomic E-state index is 11.2. The maximum atomic E-state index is 11.2. The van der Waals surface area contributed by atoms with Crippen molar-refractivity contribution in [3.63, 3.8) is 0 Å². The third-order valence-electron chi connectivity index (χ3n) is 2.94. The summed E-state index contributed by atoms with van der Waals surface area (Å²) in [6, 6.07) is 3.41. The van der Waals surface area contributed by atoms with Gasteiger partial charge in [0.05, 0.1) is 12.3 Å². The predicted octanol–water partition coefficient (Wildman–Crippen LogP) is 1.22. The van der Waals surface area contributed by atoms with Crippen LogP contribution in [0.2, 0.25) is 0 Å². The summed E-state index contributed by atoms with van der Waals surface area (Å²) < 4.78 is 7.00. The molecule has 1 aliphatic heterocycles. The van der Waals surface area contributed by atoms with Crippen LogP contribution in [0.15, 0.2) is 23.1 Å². The van der Waals surface area contributed by atoms with Crippen molar-refractivity contribution in [1.82, 2.24) is 4.57 Å². The minimum atomic E-state index is 0.0200. The number of hydrogen-bond donors (Lipinski definition) is 1. The SMILES string of the molecule is Cn1cc(NCC2CCCOC2)ccc1=O. The summed E-state index contributed by atoms with van der Waals surface area (Å²) in [6.07, 6.45) is 4.20. The third-order valence-corrected chi connectivity index (χ3v) is 2.94. The first kappa shape index (κ1) is 11.2. The normalized spacial score (nSPS) is 20.7. The Morgan fingerprint density at radius 1 is 1.56 bits per heavy atom. The van der Waals surface area contributed by atoms with E-state index in [2.05, 4.69) is 5.32 Å². The highest BCUT2D eigenvalue weighted by atomic mass is 16.5. The second-order valence-electron chi connectivity index (χ2n) is 4.33. The van der Waals surface area contributed by atoms with Crippen molar-refractivity contribution in [2.75, 3.05) is 25.1 Å². The maximum Gasteiger partial charge on any atom is 0.250 e. The van der Waals surface area contributed by atoms with E-state index < -0.39 is 0 Å². The molecule has 1 aromatic rings. The van der Waals surface area contributed by atoms with Crippen LogP contribution >= 0.6 is 0 Å². The summed E-state index contributed by atoms with van der Waals surface area (Å²) in [4.78, 5) is 11.2. The van der Waals surface area contributed by atoms with Crippen LogP contribution in [0.1, 0.15) is 12.8 Å². The van der Waals surface area contributed by atoms with Crippen LogP contribution in [-0.2, 0) is 11.8 Å². The number of nitrogens with one attached hydrogen (secondary N) is 1. The molecule has 16 heavy (non-hydrogen) atoms. The second kappa shape index (κ2) is 5.16. The van der Waals surface area contributed by atoms with Crippen LogP contribution in [0.3, 0.4) is 0 Å². The van der Waals surface area contributed by atoms with E-state index in [4.69, 9.17) is 4.74 Å². The number of hydrogen-bond acceptors (Lipinski definition) is 3. The van der Waals surface area contributed by atoms with Gasteiger partial charge in [-0.1, -0.05) is 0 Å². The van der Waals surface area contributed by atoms with Crippen molar-refractivity contribution in [1.29, 1.82) is 0 Å². The lowest BCUT2D eigenvalue weighted by Gasteiger charge is -2.22. The smallest absolute Gasteiger partial charge is 0.250 e. The molecule has 1 aliphatic rings. The summed E-state index contributed by atoms with van der Waals surface area (Å²) in [5.74, 6) is 0.589. The van der Waals surface area contributed by atoms with Gasteiger partial charge in [-0.3, -0.25) is 4.79 Å². The fourth-order valence-electron chi connectivity index (χ4n) is 1.93. The van der Waals surface area contributed by atoms with E-state index in [9.17, 15) is 4.79 Å². The quantitative estimate of drug-likeness (QED) is 0.836. The monoisotopic (exact) mass is 222 g/mol. The molecule has 1 unspecified atom stereocenters. The average molecular weight is 222 g/mol. The lowest BCUT2D eigenvalue weighted by molar-refractivity contribution is 0.0595. The Morgan fingerprint density at radius 2 is 2.44 bits per heavy atom. The van der Waals surface area contributed by atoms with Crippen LogP contribution in [-0.4, -0.2) is 24.3 Å². The Labute approximate surface area is 95.2 Å². The van der Waals surface area contributed by atoms with Crippen LogP contribution in [0, 0.1) is 5.92 Å². The van der Waals surface area contributed by atoms with Gasteiger partial charge in [-0.15, -0.1) is 0 Å². The molecule has 88 valence electrons. The van der Waals surface area contributed by atoms with Crippen molar-refractivity contribution >= 4 is 5.69 Å². The van der Waals surface area contributed by atoms with Gasteiger partial charge in [-0.05, 0) is 24.8 Å². The molecule has 0 aliphatic carbocycles. The average Bonchev–Trinajstić information content (AvgIpc) is 2.32. The Morgan fingerprint density at radius 3 is 3.12 bits per heavy atom. The lowest BCUT2D eigenvalue weighted by Crippen LogP contribution is -2.25. The van der Waals surface area contributed by atoms with Crippen LogP contribution in [0.4, 0.5) is 5.69 Å². The standard InChI is InChI=1S/C12H18N2O2/c1-14-8-11(4-5-12(14)15)13-7-10-3-2-6-16-9-10/h4-5,8,10,13H,2-3,6-7,9H2,1H3. The summed E-state index contributed by atoms with van der Waals surface area (Å²) in [5, 5.41) is 3.34. The fourth-order valence-corrected chi connectivity index (χ4v) is 1.93. The molecule has 2 rings (SSSR count). The van der Waals surface area contributed by atoms with Crippen LogP contribution in [0.25, 0.3) is 0 Å². The van der Waals surface area contributed by atoms with Gasteiger partial charge < -0.3 is 14.6 Å². The van der Waals surface area contributed by atoms with E-state index in [-0.39, 0.29) is 5.56 Å². The highest BCUT2D eigenvalue weighted by Gasteiger charge is 2.13. The Kier molecular flexibility index (Phi) is 3.62. The highest BCUT2D eigenvalue weighted by molar-refractivity contribution is 5.40. The Balaban J connectivity index is 1.88. The molecule has 0 saturated carbocycles. The molecule has 1 aromatic heterocycles. The first-order valence-electron chi connectivity index (χ1n) is 5.74. The van der Waals surface area contributed by atoms with Gasteiger partial charge in [0.25, 0.3) is 0 Å². The van der Waals surface area contributed by atoms with E-state index in [1.54, 1.807) is 17.7 Å². The first-order valence-corrected chi connectivity index (χ1v) is 5.74. The summed E-state index contributed by atoms with van der Waals surface area (Å²) in [5.41, 5.74) is 1.01. The van der Waals surface area contributed by atoms with Crippen molar-refractivity contribution in [3.8, 4) is 0 Å². The van der Waals surface area contributed by atoms with E-state index >= 15 is 0 Å². The molecule has 2 heterocycles. The number of ether oxygens (including phenoxy) is 1. The molecule has 4 nitrogen and oxygen atoms in total. The number of pyridine rings is 1. The zero-order valence-corrected chi connectivity index (χ0v) is 9.61. The molecule has 0 spiro atoms. The minimum absolute atomic E-state index is 0.0200. The first-order chi connectivity index (χ1) is 7.75. The van der Waals surface area contributed by atoms with Gasteiger partial charge in [0, 0.05) is 32.5 Å². The number of anilines is 1. The van der Waals surface area contributed by atoms with Gasteiger partial charge >= 0.3 is 0 Å². The molecule has 1 N–H and O–H groups in total. The van der Waals surface area contributed by atoms with Gasteiger partial charge in [-0.25, -0.2) is 0 Å².